The number of rotatable bonds is 2. The molecule has 0 saturated heterocycles. The van der Waals surface area contributed by atoms with E-state index in [9.17, 15) is 4.79 Å². The zero-order valence-electron chi connectivity index (χ0n) is 12.3. The van der Waals surface area contributed by atoms with Gasteiger partial charge in [-0.2, -0.15) is 0 Å². The number of anilines is 1. The Morgan fingerprint density at radius 3 is 2.79 bits per heavy atom. The maximum absolute atomic E-state index is 11.9. The van der Waals surface area contributed by atoms with Gasteiger partial charge in [0.2, 0.25) is 0 Å². The molecule has 1 aromatic carbocycles. The van der Waals surface area contributed by atoms with E-state index in [-0.39, 0.29) is 5.97 Å². The Kier molecular flexibility index (Phi) is 3.83. The van der Waals surface area contributed by atoms with Crippen LogP contribution in [-0.2, 0) is 16.0 Å². The maximum Gasteiger partial charge on any atom is 0.326 e. The van der Waals surface area contributed by atoms with Crippen LogP contribution in [0.3, 0.4) is 0 Å². The van der Waals surface area contributed by atoms with Crippen LogP contribution in [-0.4, -0.2) is 24.7 Å². The van der Waals surface area contributed by atoms with Gasteiger partial charge in [0, 0.05) is 12.2 Å². The Morgan fingerprint density at radius 2 is 2.11 bits per heavy atom. The smallest absolute Gasteiger partial charge is 0.326 e. The van der Waals surface area contributed by atoms with Gasteiger partial charge < -0.3 is 9.64 Å². The molecule has 1 heterocycles. The van der Waals surface area contributed by atoms with Crippen LogP contribution in [0.1, 0.15) is 38.3 Å². The molecule has 19 heavy (non-hydrogen) atoms. The van der Waals surface area contributed by atoms with E-state index in [1.54, 1.807) is 0 Å². The molecule has 0 saturated carbocycles. The quantitative estimate of drug-likeness (QED) is 0.766. The normalized spacial score (nSPS) is 15.1. The van der Waals surface area contributed by atoms with Gasteiger partial charge in [-0.15, -0.1) is 0 Å². The highest BCUT2D eigenvalue weighted by Gasteiger charge is 2.22. The molecule has 1 aliphatic rings. The number of hydrogen-bond donors (Lipinski definition) is 0. The van der Waals surface area contributed by atoms with E-state index in [1.165, 1.54) is 16.8 Å². The molecule has 2 rings (SSSR count). The first-order chi connectivity index (χ1) is 8.85. The molecule has 0 aliphatic carbocycles. The lowest BCUT2D eigenvalue weighted by atomic mass is 10.00. The van der Waals surface area contributed by atoms with E-state index in [4.69, 9.17) is 4.74 Å². The summed E-state index contributed by atoms with van der Waals surface area (Å²) in [5.41, 5.74) is 3.39. The van der Waals surface area contributed by atoms with E-state index < -0.39 is 5.60 Å². The summed E-state index contributed by atoms with van der Waals surface area (Å²) in [6.45, 7) is 9.07. The molecule has 0 aromatic heterocycles. The first-order valence-electron chi connectivity index (χ1n) is 6.91. The average molecular weight is 261 g/mol. The molecule has 1 aromatic rings. The molecule has 0 N–H and O–H groups in total. The van der Waals surface area contributed by atoms with Crippen LogP contribution >= 0.6 is 0 Å². The van der Waals surface area contributed by atoms with E-state index >= 15 is 0 Å². The van der Waals surface area contributed by atoms with Gasteiger partial charge in [-0.3, -0.25) is 4.79 Å². The number of hydrogen-bond acceptors (Lipinski definition) is 3. The van der Waals surface area contributed by atoms with Crippen molar-refractivity contribution >= 4 is 11.7 Å². The van der Waals surface area contributed by atoms with E-state index in [0.29, 0.717) is 6.54 Å². The predicted octanol–water partition coefficient (Wildman–Crippen LogP) is 3.09. The fraction of sp³-hybridized carbons (Fsp3) is 0.562. The largest absolute Gasteiger partial charge is 0.459 e. The molecule has 0 radical (unpaired) electrons. The zero-order chi connectivity index (χ0) is 14.0. The Bertz CT molecular complexity index is 474. The number of aryl methyl sites for hydroxylation is 2. The second-order valence-corrected chi connectivity index (χ2v) is 6.24. The van der Waals surface area contributed by atoms with Crippen LogP contribution < -0.4 is 4.90 Å². The third kappa shape index (κ3) is 3.72. The standard InChI is InChI=1S/C16H23NO2/c1-12-7-8-14-13(10-12)6-5-9-17(14)11-15(18)19-16(2,3)4/h7-8,10H,5-6,9,11H2,1-4H3. The number of esters is 1. The number of fused-ring (bicyclic) bond motifs is 1. The topological polar surface area (TPSA) is 29.5 Å². The summed E-state index contributed by atoms with van der Waals surface area (Å²) in [4.78, 5) is 14.1. The van der Waals surface area contributed by atoms with E-state index in [2.05, 4.69) is 30.0 Å². The second kappa shape index (κ2) is 5.24. The number of ether oxygens (including phenoxy) is 1. The van der Waals surface area contributed by atoms with Gasteiger partial charge in [0.25, 0.3) is 0 Å². The molecule has 0 atom stereocenters. The minimum absolute atomic E-state index is 0.152. The Labute approximate surface area is 115 Å². The van der Waals surface area contributed by atoms with Crippen molar-refractivity contribution in [3.8, 4) is 0 Å². The van der Waals surface area contributed by atoms with Gasteiger partial charge in [-0.25, -0.2) is 0 Å². The molecule has 1 aliphatic heterocycles. The Balaban J connectivity index is 2.09. The highest BCUT2D eigenvalue weighted by Crippen LogP contribution is 2.27. The fourth-order valence-electron chi connectivity index (χ4n) is 2.50. The van der Waals surface area contributed by atoms with Crippen LogP contribution in [0.15, 0.2) is 18.2 Å². The molecular weight excluding hydrogens is 238 g/mol. The predicted molar refractivity (Wildman–Crippen MR) is 77.6 cm³/mol. The fourth-order valence-corrected chi connectivity index (χ4v) is 2.50. The molecule has 3 nitrogen and oxygen atoms in total. The van der Waals surface area contributed by atoms with Crippen molar-refractivity contribution in [1.29, 1.82) is 0 Å². The van der Waals surface area contributed by atoms with Crippen LogP contribution in [0.2, 0.25) is 0 Å². The molecular formula is C16H23NO2. The number of carbonyl (C=O) groups excluding carboxylic acids is 1. The van der Waals surface area contributed by atoms with Crippen LogP contribution in [0, 0.1) is 6.92 Å². The zero-order valence-corrected chi connectivity index (χ0v) is 12.3. The van der Waals surface area contributed by atoms with Gasteiger partial charge in [0.1, 0.15) is 12.1 Å². The third-order valence-corrected chi connectivity index (χ3v) is 3.19. The van der Waals surface area contributed by atoms with Crippen LogP contribution in [0.25, 0.3) is 0 Å². The van der Waals surface area contributed by atoms with Crippen LogP contribution in [0.5, 0.6) is 0 Å². The van der Waals surface area contributed by atoms with Gasteiger partial charge in [-0.05, 0) is 52.2 Å². The Hall–Kier alpha value is -1.51. The first kappa shape index (κ1) is 13.9. The highest BCUT2D eigenvalue weighted by atomic mass is 16.6. The third-order valence-electron chi connectivity index (χ3n) is 3.19. The molecule has 0 amide bonds. The molecule has 0 spiro atoms. The molecule has 104 valence electrons. The van der Waals surface area contributed by atoms with Crippen molar-refractivity contribution in [3.05, 3.63) is 29.3 Å². The van der Waals surface area contributed by atoms with Crippen molar-refractivity contribution in [2.75, 3.05) is 18.0 Å². The summed E-state index contributed by atoms with van der Waals surface area (Å²) in [5, 5.41) is 0. The highest BCUT2D eigenvalue weighted by molar-refractivity contribution is 5.77. The molecule has 0 bridgehead atoms. The van der Waals surface area contributed by atoms with Gasteiger partial charge in [-0.1, -0.05) is 17.7 Å². The molecule has 3 heteroatoms. The van der Waals surface area contributed by atoms with E-state index in [0.717, 1.165) is 19.4 Å². The second-order valence-electron chi connectivity index (χ2n) is 6.24. The SMILES string of the molecule is Cc1ccc2c(c1)CCCN2CC(=O)OC(C)(C)C. The lowest BCUT2D eigenvalue weighted by molar-refractivity contribution is -0.153. The molecule has 0 fully saturated rings. The average Bonchev–Trinajstić information content (AvgIpc) is 2.26. The van der Waals surface area contributed by atoms with Crippen molar-refractivity contribution in [3.63, 3.8) is 0 Å². The van der Waals surface area contributed by atoms with Crippen molar-refractivity contribution < 1.29 is 9.53 Å². The summed E-state index contributed by atoms with van der Waals surface area (Å²) in [6.07, 6.45) is 2.20. The minimum atomic E-state index is -0.414. The number of benzene rings is 1. The number of carbonyl (C=O) groups is 1. The summed E-state index contributed by atoms with van der Waals surface area (Å²) >= 11 is 0. The lowest BCUT2D eigenvalue weighted by Crippen LogP contribution is -2.37. The van der Waals surface area contributed by atoms with E-state index in [1.807, 2.05) is 20.8 Å². The van der Waals surface area contributed by atoms with Crippen molar-refractivity contribution in [2.24, 2.45) is 0 Å². The first-order valence-corrected chi connectivity index (χ1v) is 6.91. The summed E-state index contributed by atoms with van der Waals surface area (Å²) in [5.74, 6) is -0.152. The minimum Gasteiger partial charge on any atom is -0.459 e. The molecule has 0 unspecified atom stereocenters. The number of nitrogens with zero attached hydrogens (tertiary/aromatic N) is 1. The summed E-state index contributed by atoms with van der Waals surface area (Å²) in [7, 11) is 0. The van der Waals surface area contributed by atoms with Crippen LogP contribution in [0.4, 0.5) is 5.69 Å². The maximum atomic E-state index is 11.9. The Morgan fingerprint density at radius 1 is 1.37 bits per heavy atom. The van der Waals surface area contributed by atoms with Gasteiger partial charge >= 0.3 is 5.97 Å². The monoisotopic (exact) mass is 261 g/mol. The summed E-state index contributed by atoms with van der Waals surface area (Å²) in [6, 6.07) is 6.44. The van der Waals surface area contributed by atoms with Gasteiger partial charge in [0.15, 0.2) is 0 Å². The van der Waals surface area contributed by atoms with Gasteiger partial charge in [0.05, 0.1) is 0 Å². The lowest BCUT2D eigenvalue weighted by Gasteiger charge is -2.31. The van der Waals surface area contributed by atoms with Crippen molar-refractivity contribution in [1.82, 2.24) is 0 Å². The van der Waals surface area contributed by atoms with Crippen molar-refractivity contribution in [2.45, 2.75) is 46.1 Å². The summed E-state index contributed by atoms with van der Waals surface area (Å²) < 4.78 is 5.40.